The molecule has 2 aromatic heterocycles. The third kappa shape index (κ3) is 2.11. The second-order valence-corrected chi connectivity index (χ2v) is 5.15. The van der Waals surface area contributed by atoms with Crippen molar-refractivity contribution in [3.05, 3.63) is 16.7 Å². The number of amides is 1. The minimum absolute atomic E-state index is 0.117. The minimum Gasteiger partial charge on any atom is -0.328 e. The quantitative estimate of drug-likeness (QED) is 0.775. The predicted octanol–water partition coefficient (Wildman–Crippen LogP) is 0.641. The van der Waals surface area contributed by atoms with Gasteiger partial charge in [-0.3, -0.25) is 19.9 Å². The summed E-state index contributed by atoms with van der Waals surface area (Å²) in [5, 5.41) is 2.57. The van der Waals surface area contributed by atoms with Crippen molar-refractivity contribution in [2.24, 2.45) is 12.5 Å². The number of fused-ring (bicyclic) bond motifs is 1. The van der Waals surface area contributed by atoms with Gasteiger partial charge in [0.25, 0.3) is 5.56 Å². The van der Waals surface area contributed by atoms with Gasteiger partial charge in [-0.1, -0.05) is 20.8 Å². The zero-order chi connectivity index (χ0) is 13.5. The molecule has 0 spiro atoms. The number of hydrogen-bond donors (Lipinski definition) is 2. The van der Waals surface area contributed by atoms with Crippen LogP contribution in [0.25, 0.3) is 11.2 Å². The predicted molar refractivity (Wildman–Crippen MR) is 67.2 cm³/mol. The van der Waals surface area contributed by atoms with Gasteiger partial charge < -0.3 is 4.57 Å². The Bertz CT molecular complexity index is 662. The van der Waals surface area contributed by atoms with Crippen LogP contribution in [0.3, 0.4) is 0 Å². The Labute approximate surface area is 103 Å². The molecule has 0 aromatic carbocycles. The van der Waals surface area contributed by atoms with Gasteiger partial charge in [0.05, 0.1) is 6.33 Å². The lowest BCUT2D eigenvalue weighted by Gasteiger charge is -2.16. The summed E-state index contributed by atoms with van der Waals surface area (Å²) in [7, 11) is 1.71. The first-order valence-electron chi connectivity index (χ1n) is 5.52. The summed E-state index contributed by atoms with van der Waals surface area (Å²) in [5.41, 5.74) is -0.198. The van der Waals surface area contributed by atoms with E-state index in [1.54, 1.807) is 32.4 Å². The maximum absolute atomic E-state index is 11.8. The average molecular weight is 249 g/mol. The molecule has 7 nitrogen and oxygen atoms in total. The standard InChI is InChI=1S/C11H15N5O2/c1-11(2,3)9(18)15-10-13-7-6(8(17)14-10)16(4)5-12-7/h5H,1-4H3,(H2,13,14,15,17,18). The highest BCUT2D eigenvalue weighted by Gasteiger charge is 2.22. The van der Waals surface area contributed by atoms with E-state index in [1.807, 2.05) is 0 Å². The SMILES string of the molecule is Cn1cnc2nc(NC(=O)C(C)(C)C)[nH]c(=O)c21. The normalized spacial score (nSPS) is 11.8. The van der Waals surface area contributed by atoms with Crippen LogP contribution in [0.1, 0.15) is 20.8 Å². The largest absolute Gasteiger partial charge is 0.328 e. The van der Waals surface area contributed by atoms with Crippen molar-refractivity contribution in [3.63, 3.8) is 0 Å². The number of aryl methyl sites for hydroxylation is 1. The van der Waals surface area contributed by atoms with Gasteiger partial charge in [0, 0.05) is 12.5 Å². The van der Waals surface area contributed by atoms with Gasteiger partial charge in [-0.2, -0.15) is 4.98 Å². The molecule has 0 radical (unpaired) electrons. The van der Waals surface area contributed by atoms with Crippen LogP contribution in [0.2, 0.25) is 0 Å². The van der Waals surface area contributed by atoms with Crippen molar-refractivity contribution in [1.82, 2.24) is 19.5 Å². The van der Waals surface area contributed by atoms with Gasteiger partial charge in [-0.25, -0.2) is 4.98 Å². The van der Waals surface area contributed by atoms with E-state index < -0.39 is 5.41 Å². The Morgan fingerprint density at radius 3 is 2.72 bits per heavy atom. The van der Waals surface area contributed by atoms with Crippen LogP contribution >= 0.6 is 0 Å². The van der Waals surface area contributed by atoms with Crippen molar-refractivity contribution >= 4 is 23.0 Å². The van der Waals surface area contributed by atoms with Crippen LogP contribution in [0.15, 0.2) is 11.1 Å². The Balaban J connectivity index is 2.42. The van der Waals surface area contributed by atoms with E-state index in [2.05, 4.69) is 20.3 Å². The Morgan fingerprint density at radius 1 is 1.44 bits per heavy atom. The number of aromatic nitrogens is 4. The van der Waals surface area contributed by atoms with E-state index in [0.29, 0.717) is 11.2 Å². The van der Waals surface area contributed by atoms with Gasteiger partial charge in [0.1, 0.15) is 0 Å². The first-order chi connectivity index (χ1) is 8.29. The summed E-state index contributed by atoms with van der Waals surface area (Å²) in [6.07, 6.45) is 1.50. The van der Waals surface area contributed by atoms with E-state index in [0.717, 1.165) is 0 Å². The maximum atomic E-state index is 11.8. The molecule has 0 saturated carbocycles. The highest BCUT2D eigenvalue weighted by Crippen LogP contribution is 2.15. The van der Waals surface area contributed by atoms with E-state index in [9.17, 15) is 9.59 Å². The summed E-state index contributed by atoms with van der Waals surface area (Å²) >= 11 is 0. The number of nitrogens with zero attached hydrogens (tertiary/aromatic N) is 3. The molecule has 96 valence electrons. The summed E-state index contributed by atoms with van der Waals surface area (Å²) < 4.78 is 1.58. The summed E-state index contributed by atoms with van der Waals surface area (Å²) in [4.78, 5) is 34.2. The fourth-order valence-electron chi connectivity index (χ4n) is 1.42. The van der Waals surface area contributed by atoms with Crippen LogP contribution in [0, 0.1) is 5.41 Å². The van der Waals surface area contributed by atoms with Crippen LogP contribution < -0.4 is 10.9 Å². The van der Waals surface area contributed by atoms with Crippen LogP contribution in [-0.4, -0.2) is 25.4 Å². The van der Waals surface area contributed by atoms with Crippen molar-refractivity contribution in [2.75, 3.05) is 5.32 Å². The maximum Gasteiger partial charge on any atom is 0.278 e. The molecule has 2 N–H and O–H groups in total. The van der Waals surface area contributed by atoms with Gasteiger partial charge in [0.2, 0.25) is 11.9 Å². The molecule has 0 fully saturated rings. The number of nitrogens with one attached hydrogen (secondary N) is 2. The first-order valence-corrected chi connectivity index (χ1v) is 5.52. The number of carbonyl (C=O) groups is 1. The number of imidazole rings is 1. The highest BCUT2D eigenvalue weighted by atomic mass is 16.2. The lowest BCUT2D eigenvalue weighted by Crippen LogP contribution is -2.29. The molecular formula is C11H15N5O2. The van der Waals surface area contributed by atoms with Gasteiger partial charge >= 0.3 is 0 Å². The lowest BCUT2D eigenvalue weighted by molar-refractivity contribution is -0.123. The molecule has 0 aliphatic carbocycles. The van der Waals surface area contributed by atoms with Crippen LogP contribution in [0.5, 0.6) is 0 Å². The monoisotopic (exact) mass is 249 g/mol. The van der Waals surface area contributed by atoms with Gasteiger partial charge in [0.15, 0.2) is 11.2 Å². The molecule has 0 atom stereocenters. The van der Waals surface area contributed by atoms with Crippen LogP contribution in [0.4, 0.5) is 5.95 Å². The molecule has 0 bridgehead atoms. The molecule has 2 aromatic rings. The summed E-state index contributed by atoms with van der Waals surface area (Å²) in [6.45, 7) is 5.33. The number of aromatic amines is 1. The van der Waals surface area contributed by atoms with E-state index >= 15 is 0 Å². The molecule has 2 rings (SSSR count). The molecule has 0 aliphatic rings. The number of hydrogen-bond acceptors (Lipinski definition) is 4. The van der Waals surface area contributed by atoms with Gasteiger partial charge in [-0.05, 0) is 0 Å². The number of H-pyrrole nitrogens is 1. The van der Waals surface area contributed by atoms with E-state index in [1.165, 1.54) is 6.33 Å². The fourth-order valence-corrected chi connectivity index (χ4v) is 1.42. The molecule has 18 heavy (non-hydrogen) atoms. The first kappa shape index (κ1) is 12.3. The van der Waals surface area contributed by atoms with E-state index in [-0.39, 0.29) is 17.4 Å². The third-order valence-corrected chi connectivity index (χ3v) is 2.50. The van der Waals surface area contributed by atoms with Crippen LogP contribution in [-0.2, 0) is 11.8 Å². The smallest absolute Gasteiger partial charge is 0.278 e. The molecule has 0 unspecified atom stereocenters. The Morgan fingerprint density at radius 2 is 2.11 bits per heavy atom. The minimum atomic E-state index is -0.558. The number of carbonyl (C=O) groups excluding carboxylic acids is 1. The number of rotatable bonds is 1. The topological polar surface area (TPSA) is 92.7 Å². The second-order valence-electron chi connectivity index (χ2n) is 5.15. The molecule has 2 heterocycles. The van der Waals surface area contributed by atoms with Crippen molar-refractivity contribution in [1.29, 1.82) is 0 Å². The third-order valence-electron chi connectivity index (χ3n) is 2.50. The number of anilines is 1. The fraction of sp³-hybridized carbons (Fsp3) is 0.455. The lowest BCUT2D eigenvalue weighted by atomic mass is 9.96. The zero-order valence-corrected chi connectivity index (χ0v) is 10.7. The van der Waals surface area contributed by atoms with Crippen molar-refractivity contribution < 1.29 is 4.79 Å². The van der Waals surface area contributed by atoms with Crippen molar-refractivity contribution in [2.45, 2.75) is 20.8 Å². The molecule has 7 heteroatoms. The zero-order valence-electron chi connectivity index (χ0n) is 10.7. The average Bonchev–Trinajstić information content (AvgIpc) is 2.59. The summed E-state index contributed by atoms with van der Waals surface area (Å²) in [5.74, 6) is -0.105. The molecule has 0 aliphatic heterocycles. The molecule has 1 amide bonds. The van der Waals surface area contributed by atoms with Crippen molar-refractivity contribution in [3.8, 4) is 0 Å². The second kappa shape index (κ2) is 3.94. The van der Waals surface area contributed by atoms with E-state index in [4.69, 9.17) is 0 Å². The van der Waals surface area contributed by atoms with Gasteiger partial charge in [-0.15, -0.1) is 0 Å². The molecule has 0 saturated heterocycles. The Kier molecular flexibility index (Phi) is 2.68. The Hall–Kier alpha value is -2.18. The molecular weight excluding hydrogens is 234 g/mol. The summed E-state index contributed by atoms with van der Waals surface area (Å²) in [6, 6.07) is 0. The highest BCUT2D eigenvalue weighted by molar-refractivity contribution is 5.93.